The molecule has 4 aromatic rings. The molecule has 0 saturated carbocycles. The van der Waals surface area contributed by atoms with E-state index in [1.54, 1.807) is 33.3 Å². The van der Waals surface area contributed by atoms with E-state index in [-0.39, 0.29) is 18.8 Å². The van der Waals surface area contributed by atoms with Crippen molar-refractivity contribution in [2.75, 3.05) is 23.5 Å². The number of rotatable bonds is 10. The van der Waals surface area contributed by atoms with Gasteiger partial charge in [-0.15, -0.1) is 4.13 Å². The molecule has 222 valence electrons. The van der Waals surface area contributed by atoms with Crippen molar-refractivity contribution >= 4 is 75.1 Å². The molecule has 1 aromatic heterocycles. The minimum atomic E-state index is -4.35. The number of anilines is 1. The maximum atomic E-state index is 13.0. The Balaban J connectivity index is 1.63. The predicted molar refractivity (Wildman–Crippen MR) is 163 cm³/mol. The van der Waals surface area contributed by atoms with E-state index in [9.17, 15) is 29.8 Å². The first-order valence-corrected chi connectivity index (χ1v) is 18.7. The van der Waals surface area contributed by atoms with Crippen LogP contribution in [-0.2, 0) is 36.0 Å². The highest BCUT2D eigenvalue weighted by atomic mass is 35.5. The van der Waals surface area contributed by atoms with E-state index in [0.717, 1.165) is 22.1 Å². The van der Waals surface area contributed by atoms with Crippen molar-refractivity contribution in [1.82, 2.24) is 4.13 Å². The Hall–Kier alpha value is -3.05. The van der Waals surface area contributed by atoms with Crippen LogP contribution in [0.15, 0.2) is 72.6 Å². The first kappa shape index (κ1) is 30.4. The summed E-state index contributed by atoms with van der Waals surface area (Å²) in [5.74, 6) is -0.478. The van der Waals surface area contributed by atoms with Crippen LogP contribution in [0.4, 0.5) is 5.69 Å². The molecule has 0 bridgehead atoms. The minimum absolute atomic E-state index is 0.0605. The van der Waals surface area contributed by atoms with Gasteiger partial charge in [0.1, 0.15) is 4.70 Å². The molecular weight excluding hydrogens is 646 g/mol. The highest BCUT2D eigenvalue weighted by Gasteiger charge is 2.32. The van der Waals surface area contributed by atoms with Gasteiger partial charge in [-0.3, -0.25) is 4.55 Å². The normalized spacial score (nSPS) is 14.8. The van der Waals surface area contributed by atoms with Gasteiger partial charge in [0, 0.05) is 17.6 Å². The van der Waals surface area contributed by atoms with Gasteiger partial charge in [0.05, 0.1) is 23.8 Å². The molecule has 0 radical (unpaired) electrons. The summed E-state index contributed by atoms with van der Waals surface area (Å²) in [6.45, 7) is 0.135. The zero-order chi connectivity index (χ0) is 30.3. The smallest absolute Gasteiger partial charge is 0.285 e. The number of hydrogen-bond acceptors (Lipinski definition) is 9. The number of halogens is 1. The average molecular weight is 671 g/mol. The van der Waals surface area contributed by atoms with E-state index >= 15 is 0 Å². The lowest BCUT2D eigenvalue weighted by Crippen LogP contribution is -2.45. The van der Waals surface area contributed by atoms with Crippen LogP contribution >= 0.6 is 22.9 Å². The molecule has 11 nitrogen and oxygen atoms in total. The Kier molecular flexibility index (Phi) is 8.37. The third kappa shape index (κ3) is 7.29. The molecule has 0 saturated heterocycles. The largest absolute Gasteiger partial charge is 0.438 e. The number of nitrogens with zero attached hydrogens (tertiary/aromatic N) is 2. The monoisotopic (exact) mass is 670 g/mol. The quantitative estimate of drug-likeness (QED) is 0.190. The molecule has 0 atom stereocenters. The number of hydrogen-bond donors (Lipinski definition) is 2. The Labute approximate surface area is 252 Å². The van der Waals surface area contributed by atoms with Gasteiger partial charge in [-0.25, -0.2) is 16.8 Å². The maximum absolute atomic E-state index is 13.0. The fourth-order valence-electron chi connectivity index (χ4n) is 4.50. The maximum Gasteiger partial charge on any atom is 0.285 e. The molecule has 2 N–H and O–H groups in total. The van der Waals surface area contributed by atoms with Crippen LogP contribution in [0.3, 0.4) is 0 Å². The lowest BCUT2D eigenvalue weighted by atomic mass is 10.1. The van der Waals surface area contributed by atoms with Crippen molar-refractivity contribution in [1.29, 1.82) is 0 Å². The zero-order valence-electron chi connectivity index (χ0n) is 22.0. The number of fused-ring (bicyclic) bond motifs is 2. The summed E-state index contributed by atoms with van der Waals surface area (Å²) in [7, 11) is -12.6. The van der Waals surface area contributed by atoms with Gasteiger partial charge in [-0.1, -0.05) is 59.3 Å². The van der Waals surface area contributed by atoms with Crippen molar-refractivity contribution in [2.45, 2.75) is 12.3 Å². The molecule has 5 rings (SSSR count). The number of benzene rings is 3. The van der Waals surface area contributed by atoms with E-state index in [0.29, 0.717) is 27.0 Å². The van der Waals surface area contributed by atoms with Gasteiger partial charge in [0.25, 0.3) is 31.0 Å². The van der Waals surface area contributed by atoms with Crippen molar-refractivity contribution in [3.8, 4) is 16.9 Å². The Morgan fingerprint density at radius 2 is 1.74 bits per heavy atom. The van der Waals surface area contributed by atoms with Gasteiger partial charge in [-0.05, 0) is 41.8 Å². The second-order valence-corrected chi connectivity index (χ2v) is 16.3. The Morgan fingerprint density at radius 1 is 1.00 bits per heavy atom. The second-order valence-electron chi connectivity index (χ2n) is 9.50. The van der Waals surface area contributed by atoms with Crippen LogP contribution in [-0.4, -0.2) is 48.4 Å². The summed E-state index contributed by atoms with van der Waals surface area (Å²) in [6.07, 6.45) is 2.42. The molecule has 1 aliphatic rings. The Morgan fingerprint density at radius 3 is 2.43 bits per heavy atom. The molecule has 0 amide bonds. The third-order valence-electron chi connectivity index (χ3n) is 6.14. The topological polar surface area (TPSA) is 151 Å². The number of sulfonamides is 2. The first-order valence-electron chi connectivity index (χ1n) is 12.3. The van der Waals surface area contributed by atoms with Crippen LogP contribution in [0.5, 0.6) is 5.75 Å². The molecule has 42 heavy (non-hydrogen) atoms. The number of aromatic nitrogens is 1. The van der Waals surface area contributed by atoms with Crippen molar-refractivity contribution in [3.05, 3.63) is 82.6 Å². The number of thiazole rings is 1. The summed E-state index contributed by atoms with van der Waals surface area (Å²) in [6, 6.07) is 20.0. The van der Waals surface area contributed by atoms with Crippen molar-refractivity contribution in [2.24, 2.45) is 0 Å². The highest BCUT2D eigenvalue weighted by Crippen LogP contribution is 2.41. The molecule has 0 fully saturated rings. The van der Waals surface area contributed by atoms with Crippen molar-refractivity contribution in [3.63, 3.8) is 0 Å². The fourth-order valence-corrected chi connectivity index (χ4v) is 8.99. The van der Waals surface area contributed by atoms with Crippen LogP contribution in [0.1, 0.15) is 11.4 Å². The summed E-state index contributed by atoms with van der Waals surface area (Å²) >= 11 is 7.47. The SMILES string of the molecule is CS(=O)(=O)NS(=O)(=O)C[n+]1c(C=C2Oc3ccc(Cl)cc3N2CCCS(=O)(=O)O)sc2ccc(-c3ccccc3)cc21. The molecule has 0 aliphatic carbocycles. The van der Waals surface area contributed by atoms with Crippen LogP contribution in [0.25, 0.3) is 27.4 Å². The van der Waals surface area contributed by atoms with E-state index in [2.05, 4.69) is 0 Å². The van der Waals surface area contributed by atoms with E-state index in [1.165, 1.54) is 15.9 Å². The minimum Gasteiger partial charge on any atom is -0.438 e. The molecule has 3 aromatic carbocycles. The van der Waals surface area contributed by atoms with Crippen LogP contribution < -0.4 is 18.3 Å². The van der Waals surface area contributed by atoms with Crippen molar-refractivity contribution < 1.29 is 39.1 Å². The van der Waals surface area contributed by atoms with E-state index < -0.39 is 41.8 Å². The molecule has 1 aliphatic heterocycles. The van der Waals surface area contributed by atoms with E-state index in [4.69, 9.17) is 16.3 Å². The van der Waals surface area contributed by atoms with Gasteiger partial charge in [0.15, 0.2) is 5.75 Å². The Bertz CT molecular complexity index is 2030. The third-order valence-corrected chi connectivity index (χ3v) is 11.1. The zero-order valence-corrected chi connectivity index (χ0v) is 26.0. The molecule has 0 unspecified atom stereocenters. The van der Waals surface area contributed by atoms with Gasteiger partial charge < -0.3 is 9.64 Å². The molecule has 0 spiro atoms. The molecule has 2 heterocycles. The standard InChI is InChI=1S/C26H24ClN3O8S4/c1-40(31,32)28-41(33,34)17-30-22-14-19(18-6-3-2-4-7-18)8-11-24(22)39-26(30)16-25-29(12-5-13-42(35,36)37)21-15-20(27)9-10-23(21)38-25/h2-4,6-11,14-16,28H,5,12-13,17H2,1H3/p+1. The highest BCUT2D eigenvalue weighted by molar-refractivity contribution is 8.03. The molecule has 16 heteroatoms. The lowest BCUT2D eigenvalue weighted by molar-refractivity contribution is -0.648. The van der Waals surface area contributed by atoms with Crippen LogP contribution in [0.2, 0.25) is 5.02 Å². The average Bonchev–Trinajstić information content (AvgIpc) is 3.39. The van der Waals surface area contributed by atoms with Gasteiger partial charge in [0.2, 0.25) is 21.4 Å². The number of nitrogens with one attached hydrogen (secondary N) is 1. The summed E-state index contributed by atoms with van der Waals surface area (Å²) in [4.78, 5) is 1.68. The second kappa shape index (κ2) is 11.6. The summed E-state index contributed by atoms with van der Waals surface area (Å²) in [5, 5.41) is 0.837. The predicted octanol–water partition coefficient (Wildman–Crippen LogP) is 3.82. The molecular formula is C26H25ClN3O8S4+. The van der Waals surface area contributed by atoms with Crippen LogP contribution in [0, 0.1) is 0 Å². The lowest BCUT2D eigenvalue weighted by Gasteiger charge is -2.17. The summed E-state index contributed by atoms with van der Waals surface area (Å²) < 4.78 is 91.4. The summed E-state index contributed by atoms with van der Waals surface area (Å²) in [5.41, 5.74) is 2.84. The number of ether oxygens (including phenoxy) is 1. The van der Waals surface area contributed by atoms with Gasteiger partial charge >= 0.3 is 0 Å². The first-order chi connectivity index (χ1) is 19.7. The van der Waals surface area contributed by atoms with Gasteiger partial charge in [-0.2, -0.15) is 13.0 Å². The fraction of sp³-hybridized carbons (Fsp3) is 0.192. The van der Waals surface area contributed by atoms with E-state index in [1.807, 2.05) is 48.5 Å².